The normalized spacial score (nSPS) is 25.9. The molecule has 0 radical (unpaired) electrons. The van der Waals surface area contributed by atoms with Crippen LogP contribution in [-0.2, 0) is 14.3 Å². The van der Waals surface area contributed by atoms with Crippen molar-refractivity contribution in [2.45, 2.75) is 63.5 Å². The molecule has 1 atom stereocenters. The molecule has 5 nitrogen and oxygen atoms in total. The molecule has 2 aliphatic rings. The summed E-state index contributed by atoms with van der Waals surface area (Å²) in [5, 5.41) is 2.94. The summed E-state index contributed by atoms with van der Waals surface area (Å²) < 4.78 is 5.09. The van der Waals surface area contributed by atoms with Crippen molar-refractivity contribution >= 4 is 11.8 Å². The van der Waals surface area contributed by atoms with Gasteiger partial charge in [-0.25, -0.2) is 0 Å². The number of hydrogen-bond acceptors (Lipinski definition) is 3. The van der Waals surface area contributed by atoms with E-state index in [0.717, 1.165) is 38.5 Å². The highest BCUT2D eigenvalue weighted by Gasteiger charge is 2.51. The quantitative estimate of drug-likeness (QED) is 0.777. The number of hydrogen-bond donors (Lipinski definition) is 1. The number of piperazine rings is 1. The van der Waals surface area contributed by atoms with Gasteiger partial charge < -0.3 is 15.0 Å². The zero-order valence-corrected chi connectivity index (χ0v) is 12.6. The molecule has 0 aromatic carbocycles. The van der Waals surface area contributed by atoms with Crippen LogP contribution in [0.5, 0.6) is 0 Å². The maximum absolute atomic E-state index is 12.6. The third kappa shape index (κ3) is 2.68. The van der Waals surface area contributed by atoms with E-state index in [1.807, 2.05) is 11.8 Å². The van der Waals surface area contributed by atoms with Gasteiger partial charge in [0.15, 0.2) is 0 Å². The Kier molecular flexibility index (Phi) is 5.02. The van der Waals surface area contributed by atoms with E-state index in [-0.39, 0.29) is 17.9 Å². The molecule has 2 rings (SSSR count). The summed E-state index contributed by atoms with van der Waals surface area (Å²) in [6, 6.07) is -0.349. The molecule has 0 aromatic heterocycles. The fourth-order valence-corrected chi connectivity index (χ4v) is 3.48. The SMILES string of the molecule is CCC1NC(=O)C2(CCCCC2)N(CCCOC)C1=O. The second-order valence-electron chi connectivity index (χ2n) is 5.86. The Hall–Kier alpha value is -1.10. The van der Waals surface area contributed by atoms with Crippen molar-refractivity contribution in [3.05, 3.63) is 0 Å². The highest BCUT2D eigenvalue weighted by atomic mass is 16.5. The van der Waals surface area contributed by atoms with Gasteiger partial charge in [-0.3, -0.25) is 9.59 Å². The van der Waals surface area contributed by atoms with E-state index in [2.05, 4.69) is 5.32 Å². The fourth-order valence-electron chi connectivity index (χ4n) is 3.48. The van der Waals surface area contributed by atoms with Gasteiger partial charge in [0.25, 0.3) is 0 Å². The summed E-state index contributed by atoms with van der Waals surface area (Å²) >= 11 is 0. The summed E-state index contributed by atoms with van der Waals surface area (Å²) in [4.78, 5) is 27.1. The van der Waals surface area contributed by atoms with E-state index in [0.29, 0.717) is 19.6 Å². The van der Waals surface area contributed by atoms with Crippen molar-refractivity contribution in [1.29, 1.82) is 0 Å². The minimum absolute atomic E-state index is 0.0565. The maximum atomic E-state index is 12.6. The molecule has 0 bridgehead atoms. The molecule has 1 aliphatic heterocycles. The van der Waals surface area contributed by atoms with Crippen LogP contribution in [0.15, 0.2) is 0 Å². The molecule has 1 spiro atoms. The highest BCUT2D eigenvalue weighted by Crippen LogP contribution is 2.37. The molecule has 2 amide bonds. The Labute approximate surface area is 121 Å². The number of ether oxygens (including phenoxy) is 1. The van der Waals surface area contributed by atoms with Gasteiger partial charge in [-0.05, 0) is 25.7 Å². The number of methoxy groups -OCH3 is 1. The van der Waals surface area contributed by atoms with Crippen LogP contribution >= 0.6 is 0 Å². The van der Waals surface area contributed by atoms with E-state index in [9.17, 15) is 9.59 Å². The second-order valence-corrected chi connectivity index (χ2v) is 5.86. The van der Waals surface area contributed by atoms with Crippen LogP contribution in [0.3, 0.4) is 0 Å². The van der Waals surface area contributed by atoms with Crippen LogP contribution in [0.2, 0.25) is 0 Å². The summed E-state index contributed by atoms with van der Waals surface area (Å²) in [6.45, 7) is 3.18. The molecule has 5 heteroatoms. The topological polar surface area (TPSA) is 58.6 Å². The van der Waals surface area contributed by atoms with Gasteiger partial charge >= 0.3 is 0 Å². The lowest BCUT2D eigenvalue weighted by Crippen LogP contribution is -2.71. The average molecular weight is 282 g/mol. The van der Waals surface area contributed by atoms with E-state index < -0.39 is 5.54 Å². The van der Waals surface area contributed by atoms with Gasteiger partial charge in [-0.1, -0.05) is 26.2 Å². The predicted octanol–water partition coefficient (Wildman–Crippen LogP) is 1.46. The molecule has 114 valence electrons. The van der Waals surface area contributed by atoms with Crippen molar-refractivity contribution in [1.82, 2.24) is 10.2 Å². The van der Waals surface area contributed by atoms with Crippen LogP contribution in [0.1, 0.15) is 51.9 Å². The van der Waals surface area contributed by atoms with Crippen molar-refractivity contribution in [2.24, 2.45) is 0 Å². The minimum Gasteiger partial charge on any atom is -0.385 e. The minimum atomic E-state index is -0.589. The van der Waals surface area contributed by atoms with Crippen molar-refractivity contribution in [3.8, 4) is 0 Å². The molecule has 1 unspecified atom stereocenters. The number of carbonyl (C=O) groups excluding carboxylic acids is 2. The Morgan fingerprint density at radius 2 is 2.00 bits per heavy atom. The number of rotatable bonds is 5. The lowest BCUT2D eigenvalue weighted by Gasteiger charge is -2.50. The summed E-state index contributed by atoms with van der Waals surface area (Å²) in [6.07, 6.45) is 6.25. The monoisotopic (exact) mass is 282 g/mol. The van der Waals surface area contributed by atoms with E-state index in [4.69, 9.17) is 4.74 Å². The lowest BCUT2D eigenvalue weighted by atomic mass is 9.77. The van der Waals surface area contributed by atoms with Gasteiger partial charge in [0.05, 0.1) is 0 Å². The molecular formula is C15H26N2O3. The average Bonchev–Trinajstić information content (AvgIpc) is 2.48. The Balaban J connectivity index is 2.20. The van der Waals surface area contributed by atoms with Crippen LogP contribution in [0.25, 0.3) is 0 Å². The molecular weight excluding hydrogens is 256 g/mol. The third-order valence-electron chi connectivity index (χ3n) is 4.63. The Morgan fingerprint density at radius 1 is 1.30 bits per heavy atom. The maximum Gasteiger partial charge on any atom is 0.246 e. The number of amides is 2. The zero-order valence-electron chi connectivity index (χ0n) is 12.6. The predicted molar refractivity (Wildman–Crippen MR) is 76.2 cm³/mol. The lowest BCUT2D eigenvalue weighted by molar-refractivity contribution is -0.160. The number of nitrogens with one attached hydrogen (secondary N) is 1. The standard InChI is InChI=1S/C15H26N2O3/c1-3-12-13(18)17(10-7-11-20-2)15(14(19)16-12)8-5-4-6-9-15/h12H,3-11H2,1-2H3,(H,16,19). The van der Waals surface area contributed by atoms with Gasteiger partial charge in [-0.2, -0.15) is 0 Å². The molecule has 1 saturated carbocycles. The Morgan fingerprint density at radius 3 is 2.60 bits per heavy atom. The van der Waals surface area contributed by atoms with Crippen molar-refractivity contribution in [3.63, 3.8) is 0 Å². The van der Waals surface area contributed by atoms with E-state index in [1.165, 1.54) is 0 Å². The van der Waals surface area contributed by atoms with Crippen LogP contribution in [-0.4, -0.2) is 48.6 Å². The first kappa shape index (κ1) is 15.3. The highest BCUT2D eigenvalue weighted by molar-refractivity contribution is 5.99. The van der Waals surface area contributed by atoms with Crippen molar-refractivity contribution in [2.75, 3.05) is 20.3 Å². The second kappa shape index (κ2) is 6.57. The summed E-state index contributed by atoms with van der Waals surface area (Å²) in [7, 11) is 1.66. The van der Waals surface area contributed by atoms with Gasteiger partial charge in [0.2, 0.25) is 11.8 Å². The van der Waals surface area contributed by atoms with E-state index in [1.54, 1.807) is 7.11 Å². The van der Waals surface area contributed by atoms with Crippen LogP contribution < -0.4 is 5.32 Å². The van der Waals surface area contributed by atoms with Crippen molar-refractivity contribution < 1.29 is 14.3 Å². The number of nitrogens with zero attached hydrogens (tertiary/aromatic N) is 1. The molecule has 2 fully saturated rings. The van der Waals surface area contributed by atoms with Gasteiger partial charge in [0, 0.05) is 20.3 Å². The first-order valence-electron chi connectivity index (χ1n) is 7.77. The van der Waals surface area contributed by atoms with Crippen LogP contribution in [0.4, 0.5) is 0 Å². The smallest absolute Gasteiger partial charge is 0.246 e. The molecule has 1 heterocycles. The Bertz CT molecular complexity index is 364. The summed E-state index contributed by atoms with van der Waals surface area (Å²) in [5.74, 6) is 0.145. The van der Waals surface area contributed by atoms with Gasteiger partial charge in [-0.15, -0.1) is 0 Å². The van der Waals surface area contributed by atoms with E-state index >= 15 is 0 Å². The number of carbonyl (C=O) groups is 2. The fraction of sp³-hybridized carbons (Fsp3) is 0.867. The first-order valence-corrected chi connectivity index (χ1v) is 7.77. The first-order chi connectivity index (χ1) is 9.65. The molecule has 1 aliphatic carbocycles. The van der Waals surface area contributed by atoms with Gasteiger partial charge in [0.1, 0.15) is 11.6 Å². The molecule has 1 N–H and O–H groups in total. The van der Waals surface area contributed by atoms with Crippen LogP contribution in [0, 0.1) is 0 Å². The zero-order chi connectivity index (χ0) is 14.6. The third-order valence-corrected chi connectivity index (χ3v) is 4.63. The summed E-state index contributed by atoms with van der Waals surface area (Å²) in [5.41, 5.74) is -0.589. The molecule has 20 heavy (non-hydrogen) atoms. The largest absolute Gasteiger partial charge is 0.385 e. The molecule has 0 aromatic rings. The molecule has 1 saturated heterocycles.